The minimum absolute atomic E-state index is 0.0743. The van der Waals surface area contributed by atoms with Crippen molar-refractivity contribution in [1.29, 1.82) is 0 Å². The predicted molar refractivity (Wildman–Crippen MR) is 58.1 cm³/mol. The Hall–Kier alpha value is -1.68. The van der Waals surface area contributed by atoms with Crippen LogP contribution < -0.4 is 0 Å². The summed E-state index contributed by atoms with van der Waals surface area (Å²) < 4.78 is 14.6. The first-order chi connectivity index (χ1) is 7.70. The zero-order valence-corrected chi connectivity index (χ0v) is 8.99. The first kappa shape index (κ1) is 10.8. The van der Waals surface area contributed by atoms with Gasteiger partial charge in [0.25, 0.3) is 0 Å². The lowest BCUT2D eigenvalue weighted by molar-refractivity contribution is 0.111. The van der Waals surface area contributed by atoms with Gasteiger partial charge in [0, 0.05) is 6.54 Å². The van der Waals surface area contributed by atoms with E-state index in [-0.39, 0.29) is 5.02 Å². The largest absolute Gasteiger partial charge is 0.324 e. The molecule has 0 bridgehead atoms. The van der Waals surface area contributed by atoms with E-state index in [9.17, 15) is 9.18 Å². The summed E-state index contributed by atoms with van der Waals surface area (Å²) >= 11 is 5.66. The Kier molecular flexibility index (Phi) is 3.01. The molecule has 0 radical (unpaired) electrons. The first-order valence-corrected chi connectivity index (χ1v) is 4.97. The second-order valence-corrected chi connectivity index (χ2v) is 3.72. The van der Waals surface area contributed by atoms with Crippen molar-refractivity contribution in [1.82, 2.24) is 9.55 Å². The zero-order valence-electron chi connectivity index (χ0n) is 8.23. The number of nitrogens with zero attached hydrogens (tertiary/aromatic N) is 2. The van der Waals surface area contributed by atoms with Gasteiger partial charge in [-0.3, -0.25) is 4.79 Å². The maximum absolute atomic E-state index is 12.9. The van der Waals surface area contributed by atoms with Crippen LogP contribution in [0.15, 0.2) is 30.7 Å². The second-order valence-electron chi connectivity index (χ2n) is 3.31. The number of hydrogen-bond donors (Lipinski definition) is 0. The highest BCUT2D eigenvalue weighted by Crippen LogP contribution is 2.17. The van der Waals surface area contributed by atoms with Crippen LogP contribution in [-0.2, 0) is 6.54 Å². The van der Waals surface area contributed by atoms with Crippen LogP contribution in [0.25, 0.3) is 0 Å². The number of halogens is 2. The highest BCUT2D eigenvalue weighted by atomic mass is 35.5. The number of carbonyl (C=O) groups excluding carboxylic acids is 1. The summed E-state index contributed by atoms with van der Waals surface area (Å²) in [4.78, 5) is 14.5. The van der Waals surface area contributed by atoms with E-state index in [2.05, 4.69) is 4.98 Å². The standard InChI is InChI=1S/C11H8ClFN2O/c12-10-3-8(1-2-11(10)13)5-15-7-14-4-9(15)6-16/h1-4,6-7H,5H2. The SMILES string of the molecule is O=Cc1cncn1Cc1ccc(F)c(Cl)c1. The maximum Gasteiger partial charge on any atom is 0.168 e. The second kappa shape index (κ2) is 4.45. The molecule has 0 spiro atoms. The molecular weight excluding hydrogens is 231 g/mol. The van der Waals surface area contributed by atoms with E-state index in [1.165, 1.54) is 18.3 Å². The smallest absolute Gasteiger partial charge is 0.168 e. The van der Waals surface area contributed by atoms with Crippen molar-refractivity contribution in [2.75, 3.05) is 0 Å². The minimum atomic E-state index is -0.452. The van der Waals surface area contributed by atoms with E-state index in [1.807, 2.05) is 0 Å². The Morgan fingerprint density at radius 2 is 2.31 bits per heavy atom. The number of imidazole rings is 1. The van der Waals surface area contributed by atoms with Gasteiger partial charge in [-0.25, -0.2) is 9.37 Å². The number of rotatable bonds is 3. The quantitative estimate of drug-likeness (QED) is 0.771. The molecule has 0 aliphatic rings. The minimum Gasteiger partial charge on any atom is -0.324 e. The van der Waals surface area contributed by atoms with Crippen LogP contribution in [0, 0.1) is 5.82 Å². The Bertz CT molecular complexity index is 524. The molecule has 5 heteroatoms. The molecular formula is C11H8ClFN2O. The molecule has 16 heavy (non-hydrogen) atoms. The first-order valence-electron chi connectivity index (χ1n) is 4.60. The lowest BCUT2D eigenvalue weighted by Crippen LogP contribution is -2.02. The van der Waals surface area contributed by atoms with Crippen molar-refractivity contribution in [3.63, 3.8) is 0 Å². The van der Waals surface area contributed by atoms with E-state index in [0.717, 1.165) is 11.8 Å². The number of aromatic nitrogens is 2. The van der Waals surface area contributed by atoms with Crippen LogP contribution in [0.2, 0.25) is 5.02 Å². The Balaban J connectivity index is 2.27. The number of benzene rings is 1. The summed E-state index contributed by atoms with van der Waals surface area (Å²) in [6.07, 6.45) is 3.73. The average molecular weight is 239 g/mol. The van der Waals surface area contributed by atoms with E-state index in [0.29, 0.717) is 12.2 Å². The van der Waals surface area contributed by atoms with Crippen LogP contribution >= 0.6 is 11.6 Å². The zero-order chi connectivity index (χ0) is 11.5. The number of carbonyl (C=O) groups is 1. The summed E-state index contributed by atoms with van der Waals surface area (Å²) in [6.45, 7) is 0.439. The molecule has 0 aliphatic heterocycles. The fourth-order valence-corrected chi connectivity index (χ4v) is 1.60. The molecule has 1 aromatic carbocycles. The molecule has 0 N–H and O–H groups in total. The molecule has 2 rings (SSSR count). The van der Waals surface area contributed by atoms with Crippen molar-refractivity contribution in [3.8, 4) is 0 Å². The van der Waals surface area contributed by atoms with E-state index < -0.39 is 5.82 Å². The average Bonchev–Trinajstić information content (AvgIpc) is 2.71. The maximum atomic E-state index is 12.9. The van der Waals surface area contributed by atoms with Crippen LogP contribution in [-0.4, -0.2) is 15.8 Å². The van der Waals surface area contributed by atoms with Crippen LogP contribution in [0.1, 0.15) is 16.1 Å². The summed E-state index contributed by atoms with van der Waals surface area (Å²) in [7, 11) is 0. The molecule has 82 valence electrons. The predicted octanol–water partition coefficient (Wildman–Crippen LogP) is 2.54. The Morgan fingerprint density at radius 3 is 3.00 bits per heavy atom. The Morgan fingerprint density at radius 1 is 1.50 bits per heavy atom. The molecule has 0 amide bonds. The molecule has 0 saturated carbocycles. The highest BCUT2D eigenvalue weighted by molar-refractivity contribution is 6.30. The van der Waals surface area contributed by atoms with Crippen LogP contribution in [0.4, 0.5) is 4.39 Å². The molecule has 0 atom stereocenters. The normalized spacial score (nSPS) is 10.4. The van der Waals surface area contributed by atoms with Gasteiger partial charge >= 0.3 is 0 Å². The molecule has 0 aliphatic carbocycles. The van der Waals surface area contributed by atoms with Gasteiger partial charge in [-0.05, 0) is 17.7 Å². The highest BCUT2D eigenvalue weighted by Gasteiger charge is 2.04. The summed E-state index contributed by atoms with van der Waals surface area (Å²) in [6, 6.07) is 4.45. The van der Waals surface area contributed by atoms with Gasteiger partial charge < -0.3 is 4.57 Å². The lowest BCUT2D eigenvalue weighted by Gasteiger charge is -2.05. The van der Waals surface area contributed by atoms with Gasteiger partial charge in [-0.2, -0.15) is 0 Å². The van der Waals surface area contributed by atoms with Crippen molar-refractivity contribution in [3.05, 3.63) is 52.8 Å². The Labute approximate surface area is 96.5 Å². The van der Waals surface area contributed by atoms with Crippen molar-refractivity contribution >= 4 is 17.9 Å². The fraction of sp³-hybridized carbons (Fsp3) is 0.0909. The fourth-order valence-electron chi connectivity index (χ4n) is 1.40. The van der Waals surface area contributed by atoms with Gasteiger partial charge in [-0.15, -0.1) is 0 Å². The van der Waals surface area contributed by atoms with Gasteiger partial charge in [0.1, 0.15) is 11.5 Å². The van der Waals surface area contributed by atoms with Crippen molar-refractivity contribution < 1.29 is 9.18 Å². The molecule has 3 nitrogen and oxygen atoms in total. The molecule has 2 aromatic rings. The van der Waals surface area contributed by atoms with Crippen molar-refractivity contribution in [2.24, 2.45) is 0 Å². The van der Waals surface area contributed by atoms with Gasteiger partial charge in [-0.1, -0.05) is 17.7 Å². The monoisotopic (exact) mass is 238 g/mol. The van der Waals surface area contributed by atoms with Crippen LogP contribution in [0.3, 0.4) is 0 Å². The van der Waals surface area contributed by atoms with Crippen molar-refractivity contribution in [2.45, 2.75) is 6.54 Å². The summed E-state index contributed by atoms with van der Waals surface area (Å²) in [5.74, 6) is -0.452. The van der Waals surface area contributed by atoms with E-state index >= 15 is 0 Å². The lowest BCUT2D eigenvalue weighted by atomic mass is 10.2. The third-order valence-electron chi connectivity index (χ3n) is 2.20. The topological polar surface area (TPSA) is 34.9 Å². The molecule has 0 unspecified atom stereocenters. The van der Waals surface area contributed by atoms with Gasteiger partial charge in [0.15, 0.2) is 6.29 Å². The van der Waals surface area contributed by atoms with Gasteiger partial charge in [0.05, 0.1) is 17.5 Å². The van der Waals surface area contributed by atoms with E-state index in [4.69, 9.17) is 11.6 Å². The number of aldehydes is 1. The molecule has 0 fully saturated rings. The molecule has 1 heterocycles. The van der Waals surface area contributed by atoms with Gasteiger partial charge in [0.2, 0.25) is 0 Å². The molecule has 1 aromatic heterocycles. The van der Waals surface area contributed by atoms with E-state index in [1.54, 1.807) is 17.0 Å². The number of hydrogen-bond acceptors (Lipinski definition) is 2. The third kappa shape index (κ3) is 2.12. The third-order valence-corrected chi connectivity index (χ3v) is 2.49. The van der Waals surface area contributed by atoms with Crippen LogP contribution in [0.5, 0.6) is 0 Å². The summed E-state index contributed by atoms with van der Waals surface area (Å²) in [5, 5.41) is 0.0743. The summed E-state index contributed by atoms with van der Waals surface area (Å²) in [5.41, 5.74) is 1.29. The molecule has 0 saturated heterocycles.